The van der Waals surface area contributed by atoms with E-state index in [0.29, 0.717) is 24.6 Å². The molecule has 1 aliphatic heterocycles. The topological polar surface area (TPSA) is 67.9 Å². The highest BCUT2D eigenvalue weighted by Gasteiger charge is 2.33. The highest BCUT2D eigenvalue weighted by molar-refractivity contribution is 7.89. The molecular weight excluding hydrogens is 328 g/mol. The highest BCUT2D eigenvalue weighted by atomic mass is 35.5. The van der Waals surface area contributed by atoms with Crippen LogP contribution in [0, 0.1) is 0 Å². The van der Waals surface area contributed by atoms with Gasteiger partial charge in [-0.15, -0.1) is 12.4 Å². The Morgan fingerprint density at radius 3 is 2.23 bits per heavy atom. The molecule has 1 aliphatic rings. The highest BCUT2D eigenvalue weighted by Crippen LogP contribution is 2.31. The summed E-state index contributed by atoms with van der Waals surface area (Å²) in [5.74, 6) is 0.820. The molecule has 8 heteroatoms. The molecule has 1 saturated heterocycles. The Morgan fingerprint density at radius 2 is 1.73 bits per heavy atom. The van der Waals surface area contributed by atoms with Gasteiger partial charge in [-0.25, -0.2) is 8.42 Å². The van der Waals surface area contributed by atoms with Gasteiger partial charge in [-0.2, -0.15) is 4.31 Å². The van der Waals surface area contributed by atoms with Gasteiger partial charge in [0.05, 0.1) is 14.2 Å². The van der Waals surface area contributed by atoms with E-state index in [0.717, 1.165) is 0 Å². The lowest BCUT2D eigenvalue weighted by molar-refractivity contribution is 0.262. The van der Waals surface area contributed by atoms with Crippen LogP contribution in [0.15, 0.2) is 23.1 Å². The van der Waals surface area contributed by atoms with Crippen molar-refractivity contribution < 1.29 is 17.9 Å². The van der Waals surface area contributed by atoms with Gasteiger partial charge in [-0.3, -0.25) is 0 Å². The van der Waals surface area contributed by atoms with Crippen molar-refractivity contribution in [3.8, 4) is 11.5 Å². The summed E-state index contributed by atoms with van der Waals surface area (Å²) in [7, 11) is -0.646. The summed E-state index contributed by atoms with van der Waals surface area (Å²) in [4.78, 5) is 0.144. The zero-order chi connectivity index (χ0) is 15.6. The number of nitrogens with zero attached hydrogens (tertiary/aromatic N) is 1. The maximum Gasteiger partial charge on any atom is 0.247 e. The largest absolute Gasteiger partial charge is 0.497 e. The molecule has 0 aliphatic carbocycles. The minimum absolute atomic E-state index is 0. The summed E-state index contributed by atoms with van der Waals surface area (Å²) < 4.78 is 37.6. The Bertz CT molecular complexity index is 599. The molecule has 6 nitrogen and oxygen atoms in total. The van der Waals surface area contributed by atoms with E-state index >= 15 is 0 Å². The smallest absolute Gasteiger partial charge is 0.247 e. The fraction of sp³-hybridized carbons (Fsp3) is 0.571. The normalized spacial score (nSPS) is 22.7. The molecule has 1 fully saturated rings. The quantitative estimate of drug-likeness (QED) is 0.891. The minimum Gasteiger partial charge on any atom is -0.497 e. The summed E-state index contributed by atoms with van der Waals surface area (Å²) in [6, 6.07) is 5.02. The average Bonchev–Trinajstić information content (AvgIpc) is 2.45. The number of hydrogen-bond donors (Lipinski definition) is 1. The second-order valence-corrected chi connectivity index (χ2v) is 7.21. The van der Waals surface area contributed by atoms with Crippen LogP contribution in [0.3, 0.4) is 0 Å². The first-order chi connectivity index (χ1) is 9.88. The molecule has 1 aromatic carbocycles. The van der Waals surface area contributed by atoms with E-state index < -0.39 is 10.0 Å². The predicted molar refractivity (Wildman–Crippen MR) is 87.6 cm³/mol. The number of halogens is 1. The Hall–Kier alpha value is -1.02. The Balaban J connectivity index is 0.00000242. The number of piperazine rings is 1. The molecule has 1 N–H and O–H groups in total. The van der Waals surface area contributed by atoms with Crippen LogP contribution in [0.2, 0.25) is 0 Å². The van der Waals surface area contributed by atoms with Crippen molar-refractivity contribution in [2.24, 2.45) is 0 Å². The standard InChI is InChI=1S/C14H22N2O4S.ClH/c1-10-8-16(9-11(2)15-10)21(17,18)14-7-12(19-3)5-6-13(14)20-4;/h5-7,10-11,15H,8-9H2,1-4H3;1H. The maximum absolute atomic E-state index is 12.9. The molecule has 22 heavy (non-hydrogen) atoms. The van der Waals surface area contributed by atoms with Gasteiger partial charge in [0.1, 0.15) is 16.4 Å². The Morgan fingerprint density at radius 1 is 1.14 bits per heavy atom. The average molecular weight is 351 g/mol. The molecule has 2 unspecified atom stereocenters. The third kappa shape index (κ3) is 3.84. The monoisotopic (exact) mass is 350 g/mol. The van der Waals surface area contributed by atoms with Crippen LogP contribution >= 0.6 is 12.4 Å². The molecule has 2 rings (SSSR count). The van der Waals surface area contributed by atoms with Crippen LogP contribution in [0.25, 0.3) is 0 Å². The lowest BCUT2D eigenvalue weighted by Gasteiger charge is -2.35. The summed E-state index contributed by atoms with van der Waals surface area (Å²) in [5, 5.41) is 3.32. The lowest BCUT2D eigenvalue weighted by atomic mass is 10.2. The number of methoxy groups -OCH3 is 2. The Kier molecular flexibility index (Phi) is 6.49. The SMILES string of the molecule is COc1ccc(OC)c(S(=O)(=O)N2CC(C)NC(C)C2)c1.Cl. The maximum atomic E-state index is 12.9. The van der Waals surface area contributed by atoms with Crippen LogP contribution < -0.4 is 14.8 Å². The summed E-state index contributed by atoms with van der Waals surface area (Å²) in [6.45, 7) is 4.82. The van der Waals surface area contributed by atoms with Crippen molar-refractivity contribution in [1.82, 2.24) is 9.62 Å². The zero-order valence-corrected chi connectivity index (χ0v) is 14.8. The molecule has 2 atom stereocenters. The van der Waals surface area contributed by atoms with Gasteiger partial charge >= 0.3 is 0 Å². The van der Waals surface area contributed by atoms with Crippen LogP contribution in [0.4, 0.5) is 0 Å². The molecular formula is C14H23ClN2O4S. The third-order valence-electron chi connectivity index (χ3n) is 3.51. The van der Waals surface area contributed by atoms with Gasteiger partial charge in [-0.1, -0.05) is 0 Å². The van der Waals surface area contributed by atoms with Crippen molar-refractivity contribution >= 4 is 22.4 Å². The lowest BCUT2D eigenvalue weighted by Crippen LogP contribution is -2.55. The second-order valence-electron chi connectivity index (χ2n) is 5.31. The van der Waals surface area contributed by atoms with E-state index in [2.05, 4.69) is 5.32 Å². The van der Waals surface area contributed by atoms with E-state index in [4.69, 9.17) is 9.47 Å². The second kappa shape index (κ2) is 7.50. The predicted octanol–water partition coefficient (Wildman–Crippen LogP) is 1.50. The molecule has 1 heterocycles. The number of ether oxygens (including phenoxy) is 2. The van der Waals surface area contributed by atoms with E-state index in [-0.39, 0.29) is 29.4 Å². The molecule has 0 saturated carbocycles. The summed E-state index contributed by atoms with van der Waals surface area (Å²) in [6.07, 6.45) is 0. The molecule has 0 amide bonds. The van der Waals surface area contributed by atoms with E-state index in [1.54, 1.807) is 12.1 Å². The van der Waals surface area contributed by atoms with Crippen molar-refractivity contribution in [3.63, 3.8) is 0 Å². The van der Waals surface area contributed by atoms with Crippen molar-refractivity contribution in [2.75, 3.05) is 27.3 Å². The van der Waals surface area contributed by atoms with Crippen molar-refractivity contribution in [2.45, 2.75) is 30.8 Å². The molecule has 0 bridgehead atoms. The van der Waals surface area contributed by atoms with Gasteiger partial charge in [0.2, 0.25) is 10.0 Å². The summed E-state index contributed by atoms with van der Waals surface area (Å²) in [5.41, 5.74) is 0. The fourth-order valence-electron chi connectivity index (χ4n) is 2.60. The Labute approximate surface area is 138 Å². The van der Waals surface area contributed by atoms with Crippen molar-refractivity contribution in [3.05, 3.63) is 18.2 Å². The number of benzene rings is 1. The number of rotatable bonds is 4. The molecule has 0 aromatic heterocycles. The first-order valence-electron chi connectivity index (χ1n) is 6.86. The summed E-state index contributed by atoms with van der Waals surface area (Å²) >= 11 is 0. The third-order valence-corrected chi connectivity index (χ3v) is 5.37. The van der Waals surface area contributed by atoms with E-state index in [1.807, 2.05) is 13.8 Å². The van der Waals surface area contributed by atoms with Gasteiger partial charge in [-0.05, 0) is 26.0 Å². The van der Waals surface area contributed by atoms with Crippen LogP contribution in [0.5, 0.6) is 11.5 Å². The van der Waals surface area contributed by atoms with Gasteiger partial charge < -0.3 is 14.8 Å². The van der Waals surface area contributed by atoms with Crippen LogP contribution in [-0.2, 0) is 10.0 Å². The zero-order valence-electron chi connectivity index (χ0n) is 13.2. The number of hydrogen-bond acceptors (Lipinski definition) is 5. The van der Waals surface area contributed by atoms with E-state index in [1.165, 1.54) is 24.6 Å². The van der Waals surface area contributed by atoms with Gasteiger partial charge in [0.25, 0.3) is 0 Å². The van der Waals surface area contributed by atoms with Gasteiger partial charge in [0, 0.05) is 31.2 Å². The fourth-order valence-corrected chi connectivity index (χ4v) is 4.39. The van der Waals surface area contributed by atoms with Crippen LogP contribution in [0.1, 0.15) is 13.8 Å². The number of nitrogens with one attached hydrogen (secondary N) is 1. The molecule has 1 aromatic rings. The number of sulfonamides is 1. The first kappa shape index (κ1) is 19.0. The van der Waals surface area contributed by atoms with Gasteiger partial charge in [0.15, 0.2) is 0 Å². The first-order valence-corrected chi connectivity index (χ1v) is 8.30. The minimum atomic E-state index is -3.61. The molecule has 0 spiro atoms. The molecule has 0 radical (unpaired) electrons. The van der Waals surface area contributed by atoms with Crippen LogP contribution in [-0.4, -0.2) is 52.1 Å². The van der Waals surface area contributed by atoms with E-state index in [9.17, 15) is 8.42 Å². The van der Waals surface area contributed by atoms with Crippen molar-refractivity contribution in [1.29, 1.82) is 0 Å². The molecule has 126 valence electrons.